The van der Waals surface area contributed by atoms with E-state index in [1.807, 2.05) is 0 Å². The van der Waals surface area contributed by atoms with Gasteiger partial charge in [-0.15, -0.1) is 0 Å². The minimum atomic E-state index is -3.79. The van der Waals surface area contributed by atoms with Crippen molar-refractivity contribution in [1.82, 2.24) is 0 Å². The molecule has 0 bridgehead atoms. The van der Waals surface area contributed by atoms with Crippen LogP contribution in [0.3, 0.4) is 0 Å². The minimum absolute atomic E-state index is 0. The van der Waals surface area contributed by atoms with E-state index in [4.69, 9.17) is 12.2 Å². The number of rotatable bonds is 0. The first-order valence-electron chi connectivity index (χ1n) is 0.500. The minimum Gasteiger partial charge on any atom is -0.870 e. The molecule has 0 radical (unpaired) electrons. The summed E-state index contributed by atoms with van der Waals surface area (Å²) < 4.78 is 25.6. The van der Waals surface area contributed by atoms with Crippen LogP contribution in [-0.4, -0.2) is 36.4 Å². The van der Waals surface area contributed by atoms with Gasteiger partial charge in [-0.3, -0.25) is 0 Å². The van der Waals surface area contributed by atoms with Crippen LogP contribution in [0.2, 0.25) is 0 Å². The molecule has 0 aliphatic carbocycles. The fourth-order valence-corrected chi connectivity index (χ4v) is 0. The normalized spacial score (nSPS) is 2.69. The second kappa shape index (κ2) is 69.1. The molecular weight excluding hydrogens is 379 g/mol. The second-order valence-corrected chi connectivity index (χ2v) is 1.06. The molecule has 0 amide bonds. The van der Waals surface area contributed by atoms with Gasteiger partial charge in [-0.1, -0.05) is 0 Å². The fraction of sp³-hybridized carbons (Fsp3) is 0. The van der Waals surface area contributed by atoms with Crippen molar-refractivity contribution in [3.63, 3.8) is 0 Å². The topological polar surface area (TPSA) is 186 Å². The van der Waals surface area contributed by atoms with Crippen molar-refractivity contribution >= 4 is 14.5 Å². The Balaban J connectivity index is -0.00000000125. The molecule has 0 aromatic rings. The van der Waals surface area contributed by atoms with E-state index in [0.717, 1.165) is 0 Å². The van der Waals surface area contributed by atoms with Gasteiger partial charge in [0.05, 0.1) is 0 Å². The molecule has 64 valence electrons. The summed E-state index contributed by atoms with van der Waals surface area (Å²) in [5.41, 5.74) is 0. The van der Waals surface area contributed by atoms with Crippen molar-refractivity contribution in [2.45, 2.75) is 0 Å². The summed E-state index contributed by atoms with van der Waals surface area (Å²) in [6.07, 6.45) is 0. The smallest absolute Gasteiger partial charge is 0.870 e. The third-order valence-corrected chi connectivity index (χ3v) is 0. The van der Waals surface area contributed by atoms with Crippen LogP contribution in [0.1, 0.15) is 0 Å². The van der Waals surface area contributed by atoms with E-state index in [2.05, 4.69) is 0 Å². The van der Waals surface area contributed by atoms with Crippen LogP contribution in [-0.2, 0) is 24.9 Å². The molecule has 0 heterocycles. The molecule has 0 aliphatic heterocycles. The summed E-state index contributed by atoms with van der Waals surface area (Å²) in [4.78, 5) is 0. The standard InChI is InChI=1S/Mo.4Na.H2O3Se.4H2O/c;;;;;1-4(2)3;;;;/h;;;;;(H2,1,2,3);4*1H2/q;4*+1;;;;;/p-4. The van der Waals surface area contributed by atoms with Crippen molar-refractivity contribution in [2.75, 3.05) is 0 Å². The van der Waals surface area contributed by atoms with Gasteiger partial charge in [-0.05, 0) is 0 Å². The van der Waals surface area contributed by atoms with Crippen molar-refractivity contribution in [3.05, 3.63) is 0 Å². The van der Waals surface area contributed by atoms with Crippen LogP contribution in [0.5, 0.6) is 0 Å². The zero-order valence-corrected chi connectivity index (χ0v) is 19.7. The van der Waals surface area contributed by atoms with Gasteiger partial charge >= 0.3 is 145 Å². The van der Waals surface area contributed by atoms with E-state index >= 15 is 0 Å². The zero-order chi connectivity index (χ0) is 3.58. The fourth-order valence-electron chi connectivity index (χ4n) is 0. The first-order valence-corrected chi connectivity index (χ1v) is 2.60. The molecule has 0 aromatic carbocycles. The maximum Gasteiger partial charge on any atom is 1.00 e. The van der Waals surface area contributed by atoms with Crippen LogP contribution in [0, 0.1) is 0 Å². The van der Waals surface area contributed by atoms with Crippen molar-refractivity contribution in [2.24, 2.45) is 0 Å². The largest absolute Gasteiger partial charge is 1.00 e. The first-order chi connectivity index (χ1) is 1.73. The maximum absolute atomic E-state index is 8.54. The van der Waals surface area contributed by atoms with Crippen LogP contribution in [0.25, 0.3) is 0 Å². The summed E-state index contributed by atoms with van der Waals surface area (Å²) in [5, 5.41) is 0. The molecule has 7 nitrogen and oxygen atoms in total. The van der Waals surface area contributed by atoms with Gasteiger partial charge in [-0.2, -0.15) is 0 Å². The van der Waals surface area contributed by atoms with E-state index in [-0.39, 0.29) is 161 Å². The summed E-state index contributed by atoms with van der Waals surface area (Å²) >= 11 is -3.79. The van der Waals surface area contributed by atoms with Gasteiger partial charge in [0.15, 0.2) is 0 Å². The van der Waals surface area contributed by atoms with E-state index in [1.165, 1.54) is 0 Å². The van der Waals surface area contributed by atoms with Gasteiger partial charge in [0.2, 0.25) is 0 Å². The van der Waals surface area contributed by atoms with E-state index in [0.29, 0.717) is 0 Å². The molecule has 6 N–H and O–H groups in total. The van der Waals surface area contributed by atoms with Gasteiger partial charge in [0.1, 0.15) is 0 Å². The zero-order valence-electron chi connectivity index (χ0n) is 7.94. The second-order valence-electron chi connectivity index (χ2n) is 0.204. The molecule has 13 heteroatoms. The van der Waals surface area contributed by atoms with Crippen molar-refractivity contribution < 1.29 is 173 Å². The van der Waals surface area contributed by atoms with Gasteiger partial charge in [-0.25, -0.2) is 0 Å². The van der Waals surface area contributed by atoms with Crippen LogP contribution >= 0.6 is 0 Å². The first kappa shape index (κ1) is 82.8. The Kier molecular flexibility index (Phi) is 440. The monoisotopic (exact) mass is 388 g/mol. The third kappa shape index (κ3) is 161. The summed E-state index contributed by atoms with van der Waals surface area (Å²) in [6.45, 7) is 0. The SMILES string of the molecule is O.O.O=[Se]([O-])[O-].[Mo].[Na+].[Na+].[Na+].[Na+].[OH-].[OH-]. The Morgan fingerprint density at radius 2 is 0.769 bits per heavy atom. The van der Waals surface area contributed by atoms with E-state index in [1.54, 1.807) is 0 Å². The van der Waals surface area contributed by atoms with E-state index < -0.39 is 14.5 Å². The summed E-state index contributed by atoms with van der Waals surface area (Å²) in [5.74, 6) is 0. The Morgan fingerprint density at radius 1 is 0.769 bits per heavy atom. The molecule has 0 aromatic heterocycles. The molecule has 0 fully saturated rings. The maximum atomic E-state index is 8.54. The average Bonchev–Trinajstić information content (AvgIpc) is 0.811. The molecule has 13 heavy (non-hydrogen) atoms. The van der Waals surface area contributed by atoms with Crippen LogP contribution < -0.4 is 127 Å². The predicted octanol–water partition coefficient (Wildman–Crippen LogP) is -16.9. The quantitative estimate of drug-likeness (QED) is 0.374. The van der Waals surface area contributed by atoms with E-state index in [9.17, 15) is 0 Å². The Morgan fingerprint density at radius 3 is 0.769 bits per heavy atom. The Hall–Kier alpha value is 4.77. The van der Waals surface area contributed by atoms with Crippen LogP contribution in [0.15, 0.2) is 0 Å². The predicted molar refractivity (Wildman–Crippen MR) is 17.5 cm³/mol. The molecular formula is H6MoNa4O7Se. The van der Waals surface area contributed by atoms with Gasteiger partial charge < -0.3 is 21.9 Å². The van der Waals surface area contributed by atoms with Crippen molar-refractivity contribution in [3.8, 4) is 0 Å². The Labute approximate surface area is 184 Å². The third-order valence-electron chi connectivity index (χ3n) is 0. The molecule has 0 saturated heterocycles. The summed E-state index contributed by atoms with van der Waals surface area (Å²) in [7, 11) is 0. The number of hydrogen-bond donors (Lipinski definition) is 0. The van der Waals surface area contributed by atoms with Gasteiger partial charge in [0, 0.05) is 21.1 Å². The molecule has 0 unspecified atom stereocenters. The van der Waals surface area contributed by atoms with Crippen LogP contribution in [0.4, 0.5) is 0 Å². The molecule has 0 aliphatic rings. The molecule has 0 rings (SSSR count). The molecule has 0 saturated carbocycles. The van der Waals surface area contributed by atoms with Gasteiger partial charge in [0.25, 0.3) is 0 Å². The molecule has 0 atom stereocenters. The number of hydrogen-bond acceptors (Lipinski definition) is 5. The Bertz CT molecular complexity index is 43.5. The summed E-state index contributed by atoms with van der Waals surface area (Å²) in [6, 6.07) is 0. The molecule has 0 spiro atoms. The van der Waals surface area contributed by atoms with Crippen molar-refractivity contribution in [1.29, 1.82) is 0 Å². The average molecular weight is 385 g/mol.